The van der Waals surface area contributed by atoms with E-state index in [-0.39, 0.29) is 6.54 Å². The Morgan fingerprint density at radius 1 is 1.30 bits per heavy atom. The Morgan fingerprint density at radius 3 is 2.39 bits per heavy atom. The molecule has 1 aromatic rings. The molecule has 0 aromatic carbocycles. The van der Waals surface area contributed by atoms with Crippen molar-refractivity contribution in [2.45, 2.75) is 25.4 Å². The number of alkyl halides is 3. The lowest BCUT2D eigenvalue weighted by atomic mass is 10.2. The first-order valence-electron chi connectivity index (χ1n) is 6.36. The predicted octanol–water partition coefficient (Wildman–Crippen LogP) is 1.30. The molecule has 7 nitrogen and oxygen atoms in total. The van der Waals surface area contributed by atoms with Gasteiger partial charge in [0.05, 0.1) is 6.54 Å². The van der Waals surface area contributed by atoms with Gasteiger partial charge in [-0.1, -0.05) is 0 Å². The zero-order valence-electron chi connectivity index (χ0n) is 12.1. The summed E-state index contributed by atoms with van der Waals surface area (Å²) in [7, 11) is 1.09. The maximum Gasteiger partial charge on any atom is 0.491 e. The minimum Gasteiger partial charge on any atom is -0.423 e. The highest BCUT2D eigenvalue weighted by molar-refractivity contribution is 6.06. The number of amides is 3. The number of likely N-dealkylation sites (N-methyl/N-ethyl adjacent to an activating group) is 1. The number of urea groups is 1. The minimum absolute atomic E-state index is 0.223. The molecule has 23 heavy (non-hydrogen) atoms. The number of imide groups is 1. The average Bonchev–Trinajstić information content (AvgIpc) is 2.63. The van der Waals surface area contributed by atoms with E-state index in [0.29, 0.717) is 10.5 Å². The van der Waals surface area contributed by atoms with E-state index in [1.54, 1.807) is 0 Å². The number of ether oxygens (including phenoxy) is 1. The van der Waals surface area contributed by atoms with Crippen molar-refractivity contribution in [1.82, 2.24) is 14.8 Å². The van der Waals surface area contributed by atoms with E-state index in [0.717, 1.165) is 18.9 Å². The second kappa shape index (κ2) is 5.52. The minimum atomic E-state index is -5.28. The van der Waals surface area contributed by atoms with Crippen LogP contribution in [0.15, 0.2) is 24.5 Å². The Labute approximate surface area is 128 Å². The summed E-state index contributed by atoms with van der Waals surface area (Å²) in [6.07, 6.45) is -2.45. The Hall–Kier alpha value is -2.65. The summed E-state index contributed by atoms with van der Waals surface area (Å²) in [5.41, 5.74) is -1.87. The van der Waals surface area contributed by atoms with Crippen LogP contribution in [-0.2, 0) is 20.9 Å². The normalized spacial score (nSPS) is 21.8. The van der Waals surface area contributed by atoms with Gasteiger partial charge in [0.2, 0.25) is 0 Å². The van der Waals surface area contributed by atoms with Gasteiger partial charge >= 0.3 is 18.2 Å². The van der Waals surface area contributed by atoms with Crippen molar-refractivity contribution in [1.29, 1.82) is 0 Å². The molecule has 0 N–H and O–H groups in total. The van der Waals surface area contributed by atoms with Crippen LogP contribution in [0, 0.1) is 0 Å². The SMILES string of the molecule is CN1C(=O)N(Cc2ccncc2)C(C)(OC(=O)C(F)(F)F)C1=O. The van der Waals surface area contributed by atoms with Crippen molar-refractivity contribution >= 4 is 17.9 Å². The van der Waals surface area contributed by atoms with Crippen LogP contribution in [0.3, 0.4) is 0 Å². The van der Waals surface area contributed by atoms with Gasteiger partial charge in [0.1, 0.15) is 0 Å². The number of hydrogen-bond donors (Lipinski definition) is 0. The zero-order chi connectivity index (χ0) is 17.4. The van der Waals surface area contributed by atoms with E-state index in [9.17, 15) is 27.6 Å². The molecule has 2 rings (SSSR count). The quantitative estimate of drug-likeness (QED) is 0.616. The van der Waals surface area contributed by atoms with Crippen LogP contribution < -0.4 is 0 Å². The molecule has 1 atom stereocenters. The van der Waals surface area contributed by atoms with Gasteiger partial charge in [-0.25, -0.2) is 9.59 Å². The number of aromatic nitrogens is 1. The van der Waals surface area contributed by atoms with Gasteiger partial charge in [0, 0.05) is 26.4 Å². The molecule has 1 fully saturated rings. The maximum absolute atomic E-state index is 12.4. The van der Waals surface area contributed by atoms with E-state index in [2.05, 4.69) is 9.72 Å². The van der Waals surface area contributed by atoms with Crippen LogP contribution in [-0.4, -0.2) is 51.6 Å². The van der Waals surface area contributed by atoms with Gasteiger partial charge in [-0.2, -0.15) is 13.2 Å². The second-order valence-electron chi connectivity index (χ2n) is 4.96. The summed E-state index contributed by atoms with van der Waals surface area (Å²) >= 11 is 0. The predicted molar refractivity (Wildman–Crippen MR) is 68.5 cm³/mol. The fourth-order valence-corrected chi connectivity index (χ4v) is 2.10. The summed E-state index contributed by atoms with van der Waals surface area (Å²) in [5, 5.41) is 0. The average molecular weight is 331 g/mol. The largest absolute Gasteiger partial charge is 0.491 e. The smallest absolute Gasteiger partial charge is 0.423 e. The van der Waals surface area contributed by atoms with Crippen LogP contribution in [0.1, 0.15) is 12.5 Å². The van der Waals surface area contributed by atoms with Crippen molar-refractivity contribution in [3.63, 3.8) is 0 Å². The molecule has 1 aromatic heterocycles. The molecule has 2 heterocycles. The molecule has 1 saturated heterocycles. The van der Waals surface area contributed by atoms with Crippen LogP contribution in [0.25, 0.3) is 0 Å². The highest BCUT2D eigenvalue weighted by Crippen LogP contribution is 2.32. The standard InChI is InChI=1S/C13H12F3N3O4/c1-12(23-10(21)13(14,15)16)9(20)18(2)11(22)19(12)7-8-3-5-17-6-4-8/h3-6H,7H2,1-2H3. The van der Waals surface area contributed by atoms with Crippen molar-refractivity contribution < 1.29 is 32.3 Å². The summed E-state index contributed by atoms with van der Waals surface area (Å²) in [6, 6.07) is 2.16. The number of esters is 1. The van der Waals surface area contributed by atoms with Gasteiger partial charge < -0.3 is 4.74 Å². The molecule has 1 unspecified atom stereocenters. The summed E-state index contributed by atoms with van der Waals surface area (Å²) < 4.78 is 41.6. The number of pyridine rings is 1. The molecule has 0 saturated carbocycles. The summed E-state index contributed by atoms with van der Waals surface area (Å²) in [4.78, 5) is 40.5. The first kappa shape index (κ1) is 16.7. The Kier molecular flexibility index (Phi) is 4.01. The molecule has 124 valence electrons. The molecule has 0 aliphatic carbocycles. The van der Waals surface area contributed by atoms with E-state index < -0.39 is 29.8 Å². The number of halogens is 3. The van der Waals surface area contributed by atoms with E-state index >= 15 is 0 Å². The fourth-order valence-electron chi connectivity index (χ4n) is 2.10. The van der Waals surface area contributed by atoms with Crippen molar-refractivity contribution in [3.05, 3.63) is 30.1 Å². The molecule has 0 bridgehead atoms. The van der Waals surface area contributed by atoms with E-state index in [4.69, 9.17) is 0 Å². The number of carbonyl (C=O) groups excluding carboxylic acids is 3. The lowest BCUT2D eigenvalue weighted by Gasteiger charge is -2.31. The van der Waals surface area contributed by atoms with Crippen molar-refractivity contribution in [2.24, 2.45) is 0 Å². The van der Waals surface area contributed by atoms with Crippen LogP contribution >= 0.6 is 0 Å². The van der Waals surface area contributed by atoms with Gasteiger partial charge in [0.25, 0.3) is 11.6 Å². The summed E-state index contributed by atoms with van der Waals surface area (Å²) in [6.45, 7) is 0.723. The number of rotatable bonds is 3. The van der Waals surface area contributed by atoms with Gasteiger partial charge in [-0.15, -0.1) is 0 Å². The Balaban J connectivity index is 2.34. The van der Waals surface area contributed by atoms with E-state index in [1.807, 2.05) is 0 Å². The van der Waals surface area contributed by atoms with Gasteiger partial charge in [-0.05, 0) is 17.7 Å². The molecule has 10 heteroatoms. The number of carbonyl (C=O) groups is 3. The Morgan fingerprint density at radius 2 is 1.87 bits per heavy atom. The van der Waals surface area contributed by atoms with E-state index in [1.165, 1.54) is 24.5 Å². The highest BCUT2D eigenvalue weighted by Gasteiger charge is 2.58. The number of hydrogen-bond acceptors (Lipinski definition) is 5. The van der Waals surface area contributed by atoms with Gasteiger partial charge in [-0.3, -0.25) is 19.6 Å². The van der Waals surface area contributed by atoms with Crippen LogP contribution in [0.5, 0.6) is 0 Å². The van der Waals surface area contributed by atoms with Crippen molar-refractivity contribution in [2.75, 3.05) is 7.05 Å². The third-order valence-corrected chi connectivity index (χ3v) is 3.35. The maximum atomic E-state index is 12.4. The monoisotopic (exact) mass is 331 g/mol. The Bertz CT molecular complexity index is 650. The fraction of sp³-hybridized carbons (Fsp3) is 0.385. The molecule has 1 aliphatic heterocycles. The molecular weight excluding hydrogens is 319 g/mol. The molecular formula is C13H12F3N3O4. The molecule has 0 spiro atoms. The zero-order valence-corrected chi connectivity index (χ0v) is 12.1. The summed E-state index contributed by atoms with van der Waals surface area (Å²) in [5.74, 6) is -3.61. The molecule has 0 radical (unpaired) electrons. The van der Waals surface area contributed by atoms with Crippen LogP contribution in [0.2, 0.25) is 0 Å². The first-order valence-corrected chi connectivity index (χ1v) is 6.36. The third kappa shape index (κ3) is 2.96. The first-order chi connectivity index (χ1) is 10.6. The molecule has 1 aliphatic rings. The lowest BCUT2D eigenvalue weighted by Crippen LogP contribution is -2.52. The third-order valence-electron chi connectivity index (χ3n) is 3.35. The van der Waals surface area contributed by atoms with Crippen LogP contribution in [0.4, 0.5) is 18.0 Å². The lowest BCUT2D eigenvalue weighted by molar-refractivity contribution is -0.222. The molecule has 3 amide bonds. The highest BCUT2D eigenvalue weighted by atomic mass is 19.4. The topological polar surface area (TPSA) is 79.8 Å². The second-order valence-corrected chi connectivity index (χ2v) is 4.96. The van der Waals surface area contributed by atoms with Gasteiger partial charge in [0.15, 0.2) is 0 Å². The number of nitrogens with zero attached hydrogens (tertiary/aromatic N) is 3. The van der Waals surface area contributed by atoms with Crippen molar-refractivity contribution in [3.8, 4) is 0 Å².